The summed E-state index contributed by atoms with van der Waals surface area (Å²) in [4.78, 5) is 16.5. The van der Waals surface area contributed by atoms with E-state index >= 15 is 0 Å². The molecule has 1 saturated carbocycles. The van der Waals surface area contributed by atoms with Crippen LogP contribution in [-0.4, -0.2) is 17.1 Å². The average molecular weight is 383 g/mol. The number of alkyl carbamates (subject to hydrolysis) is 1. The summed E-state index contributed by atoms with van der Waals surface area (Å²) in [5, 5.41) is 6.42. The van der Waals surface area contributed by atoms with Gasteiger partial charge in [0.05, 0.1) is 24.1 Å². The molecule has 0 saturated heterocycles. The Morgan fingerprint density at radius 2 is 2.00 bits per heavy atom. The molecule has 0 unspecified atom stereocenters. The second kappa shape index (κ2) is 8.17. The third-order valence-electron chi connectivity index (χ3n) is 6.06. The van der Waals surface area contributed by atoms with Crippen LogP contribution in [0, 0.1) is 17.7 Å². The molecule has 4 rings (SSSR count). The summed E-state index contributed by atoms with van der Waals surface area (Å²) < 4.78 is 20.0. The van der Waals surface area contributed by atoms with Crippen LogP contribution in [0.1, 0.15) is 49.8 Å². The van der Waals surface area contributed by atoms with Gasteiger partial charge in [-0.2, -0.15) is 0 Å². The lowest BCUT2D eigenvalue weighted by molar-refractivity contribution is 0.128. The zero-order valence-corrected chi connectivity index (χ0v) is 16.0. The highest BCUT2D eigenvalue weighted by Gasteiger charge is 2.41. The molecule has 1 aliphatic carbocycles. The minimum absolute atomic E-state index is 0.0387. The number of nitrogens with one attached hydrogen (secondary N) is 2. The Bertz CT molecular complexity index is 824. The van der Waals surface area contributed by atoms with E-state index in [1.165, 1.54) is 19.0 Å². The van der Waals surface area contributed by atoms with Crippen molar-refractivity contribution >= 4 is 11.8 Å². The summed E-state index contributed by atoms with van der Waals surface area (Å²) in [7, 11) is 0. The van der Waals surface area contributed by atoms with Gasteiger partial charge in [0.2, 0.25) is 0 Å². The highest BCUT2D eigenvalue weighted by molar-refractivity contribution is 5.69. The summed E-state index contributed by atoms with van der Waals surface area (Å²) in [5.41, 5.74) is 2.05. The topological polar surface area (TPSA) is 63.2 Å². The molecule has 0 bridgehead atoms. The number of amides is 1. The van der Waals surface area contributed by atoms with E-state index in [0.29, 0.717) is 17.2 Å². The number of pyridine rings is 1. The van der Waals surface area contributed by atoms with Crippen molar-refractivity contribution < 1.29 is 13.9 Å². The number of hydrogen-bond acceptors (Lipinski definition) is 4. The number of rotatable bonds is 4. The highest BCUT2D eigenvalue weighted by atomic mass is 19.1. The van der Waals surface area contributed by atoms with Crippen LogP contribution in [0.2, 0.25) is 0 Å². The van der Waals surface area contributed by atoms with Crippen molar-refractivity contribution in [3.63, 3.8) is 0 Å². The molecule has 2 aliphatic rings. The lowest BCUT2D eigenvalue weighted by atomic mass is 9.78. The van der Waals surface area contributed by atoms with Gasteiger partial charge >= 0.3 is 6.09 Å². The molecule has 28 heavy (non-hydrogen) atoms. The monoisotopic (exact) mass is 383 g/mol. The van der Waals surface area contributed by atoms with Crippen LogP contribution in [0.4, 0.5) is 14.9 Å². The Balaban J connectivity index is 1.52. The van der Waals surface area contributed by atoms with Crippen molar-refractivity contribution in [3.8, 4) is 0 Å². The van der Waals surface area contributed by atoms with Crippen molar-refractivity contribution in [2.24, 2.45) is 11.8 Å². The van der Waals surface area contributed by atoms with Crippen LogP contribution in [0.25, 0.3) is 0 Å². The largest absolute Gasteiger partial charge is 0.445 e. The summed E-state index contributed by atoms with van der Waals surface area (Å²) in [6, 6.07) is 9.24. The van der Waals surface area contributed by atoms with Crippen molar-refractivity contribution in [2.45, 2.75) is 51.3 Å². The fourth-order valence-corrected chi connectivity index (χ4v) is 4.62. The Morgan fingerprint density at radius 3 is 2.75 bits per heavy atom. The summed E-state index contributed by atoms with van der Waals surface area (Å²) in [6.45, 7) is 2.25. The van der Waals surface area contributed by atoms with Gasteiger partial charge in [0.15, 0.2) is 0 Å². The fraction of sp³-hybridized carbons (Fsp3) is 0.455. The molecule has 1 aliphatic heterocycles. The van der Waals surface area contributed by atoms with Gasteiger partial charge in [-0.1, -0.05) is 50.1 Å². The number of benzene rings is 1. The van der Waals surface area contributed by atoms with Crippen LogP contribution in [-0.2, 0) is 11.3 Å². The minimum atomic E-state index is -0.532. The van der Waals surface area contributed by atoms with Gasteiger partial charge in [-0.05, 0) is 24.3 Å². The number of anilines is 1. The van der Waals surface area contributed by atoms with Gasteiger partial charge in [-0.3, -0.25) is 4.98 Å². The first-order valence-electron chi connectivity index (χ1n) is 10.0. The smallest absolute Gasteiger partial charge is 0.407 e. The van der Waals surface area contributed by atoms with Crippen molar-refractivity contribution in [1.82, 2.24) is 10.3 Å². The van der Waals surface area contributed by atoms with E-state index in [9.17, 15) is 9.18 Å². The first-order chi connectivity index (χ1) is 13.6. The van der Waals surface area contributed by atoms with E-state index in [0.717, 1.165) is 18.4 Å². The third kappa shape index (κ3) is 3.81. The first kappa shape index (κ1) is 18.7. The lowest BCUT2D eigenvalue weighted by Gasteiger charge is -2.41. The molecule has 2 aromatic rings. The molecule has 1 amide bonds. The van der Waals surface area contributed by atoms with Crippen LogP contribution in [0.3, 0.4) is 0 Å². The maximum atomic E-state index is 14.6. The molecule has 148 valence electrons. The molecule has 0 spiro atoms. The average Bonchev–Trinajstić information content (AvgIpc) is 3.24. The van der Waals surface area contributed by atoms with E-state index in [-0.39, 0.29) is 18.6 Å². The summed E-state index contributed by atoms with van der Waals surface area (Å²) in [6.07, 6.45) is 7.08. The van der Waals surface area contributed by atoms with Gasteiger partial charge < -0.3 is 15.4 Å². The van der Waals surface area contributed by atoms with E-state index in [1.54, 1.807) is 6.20 Å². The molecule has 1 aromatic heterocycles. The predicted octanol–water partition coefficient (Wildman–Crippen LogP) is 4.81. The number of hydrogen-bond donors (Lipinski definition) is 2. The fourth-order valence-electron chi connectivity index (χ4n) is 4.62. The molecule has 6 heteroatoms. The second-order valence-corrected chi connectivity index (χ2v) is 7.84. The molecule has 0 radical (unpaired) electrons. The zero-order valence-electron chi connectivity index (χ0n) is 16.0. The summed E-state index contributed by atoms with van der Waals surface area (Å²) >= 11 is 0. The first-order valence-corrected chi connectivity index (χ1v) is 10.0. The van der Waals surface area contributed by atoms with Crippen LogP contribution in [0.5, 0.6) is 0 Å². The number of fused-ring (bicyclic) bond motifs is 1. The molecule has 1 aromatic carbocycles. The number of halogens is 1. The van der Waals surface area contributed by atoms with Crippen LogP contribution < -0.4 is 10.6 Å². The van der Waals surface area contributed by atoms with Gasteiger partial charge in [0, 0.05) is 17.5 Å². The standard InChI is InChI=1S/C22H26FN3O2/c1-14-20(16-9-5-6-10-16)25-18-12-24-11-17(23)19(18)21(14)26-22(27)28-13-15-7-3-2-4-8-15/h2-4,7-8,11-12,14,16,20-21,25H,5-6,9-10,13H2,1H3,(H,26,27)/t14-,20+,21+/m0/s1. The van der Waals surface area contributed by atoms with E-state index in [2.05, 4.69) is 22.5 Å². The van der Waals surface area contributed by atoms with E-state index in [4.69, 9.17) is 4.74 Å². The number of aromatic nitrogens is 1. The Labute approximate surface area is 164 Å². The molecule has 3 atom stereocenters. The second-order valence-electron chi connectivity index (χ2n) is 7.84. The van der Waals surface area contributed by atoms with Crippen molar-refractivity contribution in [1.29, 1.82) is 0 Å². The summed E-state index contributed by atoms with van der Waals surface area (Å²) in [5.74, 6) is 0.155. The maximum Gasteiger partial charge on any atom is 0.407 e. The molecular formula is C22H26FN3O2. The van der Waals surface area contributed by atoms with Crippen molar-refractivity contribution in [3.05, 3.63) is 59.7 Å². The normalized spacial score (nSPS) is 24.3. The molecule has 2 N–H and O–H groups in total. The highest BCUT2D eigenvalue weighted by Crippen LogP contribution is 2.43. The Kier molecular flexibility index (Phi) is 5.46. The SMILES string of the molecule is C[C@@H]1[C@@H](NC(=O)OCc2ccccc2)c2c(F)cncc2N[C@H]1C1CCCC1. The molecule has 5 nitrogen and oxygen atoms in total. The van der Waals surface area contributed by atoms with Crippen molar-refractivity contribution in [2.75, 3.05) is 5.32 Å². The third-order valence-corrected chi connectivity index (χ3v) is 6.06. The van der Waals surface area contributed by atoms with Crippen LogP contribution in [0.15, 0.2) is 42.7 Å². The number of nitrogens with zero attached hydrogens (tertiary/aromatic N) is 1. The Hall–Kier alpha value is -2.63. The Morgan fingerprint density at radius 1 is 1.25 bits per heavy atom. The zero-order chi connectivity index (χ0) is 19.5. The maximum absolute atomic E-state index is 14.6. The van der Waals surface area contributed by atoms with Gasteiger partial charge in [-0.15, -0.1) is 0 Å². The van der Waals surface area contributed by atoms with E-state index in [1.807, 2.05) is 30.3 Å². The van der Waals surface area contributed by atoms with Gasteiger partial charge in [-0.25, -0.2) is 9.18 Å². The number of carbonyl (C=O) groups excluding carboxylic acids is 1. The number of carbonyl (C=O) groups is 1. The predicted molar refractivity (Wildman–Crippen MR) is 105 cm³/mol. The molecular weight excluding hydrogens is 357 g/mol. The quantitative estimate of drug-likeness (QED) is 0.795. The van der Waals surface area contributed by atoms with Gasteiger partial charge in [0.25, 0.3) is 0 Å². The van der Waals surface area contributed by atoms with Gasteiger partial charge in [0.1, 0.15) is 12.4 Å². The van der Waals surface area contributed by atoms with Crippen LogP contribution >= 0.6 is 0 Å². The van der Waals surface area contributed by atoms with E-state index < -0.39 is 18.0 Å². The molecule has 1 fully saturated rings. The number of ether oxygens (including phenoxy) is 1. The molecule has 2 heterocycles. The minimum Gasteiger partial charge on any atom is -0.445 e. The lowest BCUT2D eigenvalue weighted by Crippen LogP contribution is -2.47.